The highest BCUT2D eigenvalue weighted by atomic mass is 16.5. The molecule has 4 heterocycles. The number of likely N-dealkylation sites (N-methyl/N-ethyl adjacent to an activating group) is 2. The van der Waals surface area contributed by atoms with E-state index in [4.69, 9.17) is 18.9 Å². The van der Waals surface area contributed by atoms with Gasteiger partial charge in [0, 0.05) is 78.5 Å². The molecule has 4 aliphatic rings. The summed E-state index contributed by atoms with van der Waals surface area (Å²) in [4.78, 5) is 14.2. The van der Waals surface area contributed by atoms with E-state index in [1.807, 2.05) is 0 Å². The number of hydrogen-bond donors (Lipinski definition) is 0. The first-order valence-corrected chi connectivity index (χ1v) is 18.7. The molecule has 0 aromatic rings. The number of ether oxygens (including phenoxy) is 4. The Balaban J connectivity index is 0.000000597. The van der Waals surface area contributed by atoms with Crippen molar-refractivity contribution >= 4 is 0 Å². The lowest BCUT2D eigenvalue weighted by Crippen LogP contribution is -2.45. The molecule has 4 fully saturated rings. The van der Waals surface area contributed by atoms with Crippen LogP contribution < -0.4 is 0 Å². The quantitative estimate of drug-likeness (QED) is 0.263. The van der Waals surface area contributed by atoms with Gasteiger partial charge in [-0.2, -0.15) is 0 Å². The van der Waals surface area contributed by atoms with Gasteiger partial charge in [-0.1, -0.05) is 20.3 Å². The minimum Gasteiger partial charge on any atom is -0.363 e. The third kappa shape index (κ3) is 28.0. The Kier molecular flexibility index (Phi) is 29.1. The molecule has 10 nitrogen and oxygen atoms in total. The van der Waals surface area contributed by atoms with Crippen molar-refractivity contribution in [1.82, 2.24) is 29.4 Å². The van der Waals surface area contributed by atoms with Crippen LogP contribution in [0.1, 0.15) is 101 Å². The van der Waals surface area contributed by atoms with E-state index in [-0.39, 0.29) is 7.43 Å². The van der Waals surface area contributed by atoms with E-state index in [2.05, 4.69) is 98.9 Å². The summed E-state index contributed by atoms with van der Waals surface area (Å²) in [5.74, 6) is 0. The molecule has 284 valence electrons. The normalized spacial score (nSPS) is 21.1. The Labute approximate surface area is 293 Å². The topological polar surface area (TPSA) is 56.4 Å². The van der Waals surface area contributed by atoms with Crippen LogP contribution in [0.3, 0.4) is 0 Å². The van der Waals surface area contributed by atoms with E-state index < -0.39 is 0 Å². The molecule has 0 amide bonds. The molecule has 0 spiro atoms. The highest BCUT2D eigenvalue weighted by molar-refractivity contribution is 4.68. The molecule has 0 aliphatic carbocycles. The number of likely N-dealkylation sites (tertiary alicyclic amines) is 2. The fourth-order valence-electron chi connectivity index (χ4n) is 5.15. The maximum Gasteiger partial charge on any atom is 0.0994 e. The van der Waals surface area contributed by atoms with Crippen molar-refractivity contribution in [3.8, 4) is 0 Å². The number of rotatable bonds is 12. The molecule has 4 saturated heterocycles. The molecule has 0 aromatic carbocycles. The molecule has 0 saturated carbocycles. The molecule has 47 heavy (non-hydrogen) atoms. The highest BCUT2D eigenvalue weighted by Crippen LogP contribution is 2.09. The van der Waals surface area contributed by atoms with Crippen LogP contribution in [0.25, 0.3) is 0 Å². The van der Waals surface area contributed by atoms with Gasteiger partial charge in [-0.3, -0.25) is 19.6 Å². The Morgan fingerprint density at radius 2 is 0.553 bits per heavy atom. The summed E-state index contributed by atoms with van der Waals surface area (Å²) in [6.45, 7) is 34.1. The second kappa shape index (κ2) is 29.3. The zero-order chi connectivity index (χ0) is 34.2. The Morgan fingerprint density at radius 3 is 0.766 bits per heavy atom. The number of piperidine rings is 2. The summed E-state index contributed by atoms with van der Waals surface area (Å²) >= 11 is 0. The van der Waals surface area contributed by atoms with Crippen LogP contribution in [0, 0.1) is 0 Å². The van der Waals surface area contributed by atoms with Gasteiger partial charge in [0.2, 0.25) is 0 Å². The van der Waals surface area contributed by atoms with Gasteiger partial charge in [-0.05, 0) is 95.2 Å². The average Bonchev–Trinajstić information content (AvgIpc) is 3.04. The third-order valence-electron chi connectivity index (χ3n) is 8.45. The first-order valence-electron chi connectivity index (χ1n) is 18.7. The van der Waals surface area contributed by atoms with Gasteiger partial charge in [-0.25, -0.2) is 0 Å². The minimum absolute atomic E-state index is 0. The molecule has 0 N–H and O–H groups in total. The Hall–Kier alpha value is -0.400. The summed E-state index contributed by atoms with van der Waals surface area (Å²) in [7, 11) is 4.33. The van der Waals surface area contributed by atoms with E-state index in [0.29, 0.717) is 24.4 Å². The fraction of sp³-hybridized carbons (Fsp3) is 1.00. The standard InChI is InChI=1S/2C9H20N2O.2C9H19NO.CH4/c2*1-9(2)12-8-11-6-4-10(3)5-7-11;2*1-9(2)11-8-10-6-4-3-5-7-10;/h2*9H,4-8H2,1-3H3;2*9H,3-8H2,1-2H3;1H4. The van der Waals surface area contributed by atoms with Gasteiger partial charge in [0.15, 0.2) is 0 Å². The Morgan fingerprint density at radius 1 is 0.340 bits per heavy atom. The maximum absolute atomic E-state index is 5.52. The SMILES string of the molecule is C.CC(C)OCN1CCCCC1.CC(C)OCN1CCCCC1.CC(C)OCN1CCN(C)CC1.CC(C)OCN1CCN(C)CC1. The molecule has 0 radical (unpaired) electrons. The summed E-state index contributed by atoms with van der Waals surface area (Å²) in [5, 5.41) is 0. The monoisotopic (exact) mass is 675 g/mol. The zero-order valence-corrected chi connectivity index (χ0v) is 32.2. The van der Waals surface area contributed by atoms with Crippen LogP contribution in [-0.4, -0.2) is 173 Å². The molecule has 4 aliphatic heterocycles. The first kappa shape index (κ1) is 46.6. The van der Waals surface area contributed by atoms with Crippen molar-refractivity contribution in [2.75, 3.05) is 120 Å². The lowest BCUT2D eigenvalue weighted by molar-refractivity contribution is -0.0226. The molecule has 0 aromatic heterocycles. The average molecular weight is 675 g/mol. The van der Waals surface area contributed by atoms with E-state index in [1.165, 1.54) is 90.9 Å². The molecular formula is C37H82N6O4. The number of piperazine rings is 2. The van der Waals surface area contributed by atoms with Crippen LogP contribution in [0.4, 0.5) is 0 Å². The summed E-state index contributed by atoms with van der Waals surface area (Å²) < 4.78 is 22.1. The van der Waals surface area contributed by atoms with Gasteiger partial charge in [0.25, 0.3) is 0 Å². The minimum atomic E-state index is 0. The second-order valence-corrected chi connectivity index (χ2v) is 14.6. The zero-order valence-electron chi connectivity index (χ0n) is 32.2. The van der Waals surface area contributed by atoms with Crippen molar-refractivity contribution in [3.63, 3.8) is 0 Å². The summed E-state index contributed by atoms with van der Waals surface area (Å²) in [6.07, 6.45) is 9.64. The number of hydrogen-bond acceptors (Lipinski definition) is 10. The summed E-state index contributed by atoms with van der Waals surface area (Å²) in [5.41, 5.74) is 0. The van der Waals surface area contributed by atoms with Gasteiger partial charge in [0.05, 0.1) is 51.3 Å². The van der Waals surface area contributed by atoms with Crippen LogP contribution in [0.5, 0.6) is 0 Å². The second-order valence-electron chi connectivity index (χ2n) is 14.6. The molecule has 0 bridgehead atoms. The van der Waals surface area contributed by atoms with Crippen molar-refractivity contribution in [3.05, 3.63) is 0 Å². The van der Waals surface area contributed by atoms with Crippen molar-refractivity contribution < 1.29 is 18.9 Å². The van der Waals surface area contributed by atoms with E-state index in [1.54, 1.807) is 0 Å². The predicted molar refractivity (Wildman–Crippen MR) is 200 cm³/mol. The van der Waals surface area contributed by atoms with E-state index in [9.17, 15) is 0 Å². The van der Waals surface area contributed by atoms with Gasteiger partial charge in [0.1, 0.15) is 0 Å². The largest absolute Gasteiger partial charge is 0.363 e. The lowest BCUT2D eigenvalue weighted by atomic mass is 10.1. The van der Waals surface area contributed by atoms with Gasteiger partial charge >= 0.3 is 0 Å². The molecular weight excluding hydrogens is 592 g/mol. The maximum atomic E-state index is 5.52. The smallest absolute Gasteiger partial charge is 0.0994 e. The predicted octanol–water partition coefficient (Wildman–Crippen LogP) is 5.58. The van der Waals surface area contributed by atoms with Gasteiger partial charge < -0.3 is 28.7 Å². The molecule has 10 heteroatoms. The van der Waals surface area contributed by atoms with Crippen LogP contribution >= 0.6 is 0 Å². The molecule has 0 atom stereocenters. The number of nitrogens with zero attached hydrogens (tertiary/aromatic N) is 6. The van der Waals surface area contributed by atoms with Crippen molar-refractivity contribution in [2.24, 2.45) is 0 Å². The van der Waals surface area contributed by atoms with Crippen LogP contribution in [0.2, 0.25) is 0 Å². The fourth-order valence-corrected chi connectivity index (χ4v) is 5.15. The highest BCUT2D eigenvalue weighted by Gasteiger charge is 2.15. The van der Waals surface area contributed by atoms with Crippen LogP contribution in [0.15, 0.2) is 0 Å². The summed E-state index contributed by atoms with van der Waals surface area (Å²) in [6, 6.07) is 0. The van der Waals surface area contributed by atoms with E-state index >= 15 is 0 Å². The van der Waals surface area contributed by atoms with Crippen LogP contribution in [-0.2, 0) is 18.9 Å². The Bertz CT molecular complexity index is 603. The first-order chi connectivity index (χ1) is 21.9. The third-order valence-corrected chi connectivity index (χ3v) is 8.45. The van der Waals surface area contributed by atoms with Crippen molar-refractivity contribution in [2.45, 2.75) is 126 Å². The molecule has 4 rings (SSSR count). The lowest BCUT2D eigenvalue weighted by Gasteiger charge is -2.32. The van der Waals surface area contributed by atoms with E-state index in [0.717, 1.165) is 53.1 Å². The van der Waals surface area contributed by atoms with Crippen molar-refractivity contribution in [1.29, 1.82) is 0 Å². The van der Waals surface area contributed by atoms with Gasteiger partial charge in [-0.15, -0.1) is 0 Å². The molecule has 0 unspecified atom stereocenters.